The van der Waals surface area contributed by atoms with Crippen LogP contribution in [0.3, 0.4) is 0 Å². The summed E-state index contributed by atoms with van der Waals surface area (Å²) in [6.45, 7) is 0. The first kappa shape index (κ1) is 10.4. The van der Waals surface area contributed by atoms with Crippen LogP contribution in [0.5, 0.6) is 0 Å². The van der Waals surface area contributed by atoms with Crippen molar-refractivity contribution in [2.75, 3.05) is 0 Å². The molecule has 0 aliphatic rings. The fourth-order valence-electron chi connectivity index (χ4n) is 1.68. The topological polar surface area (TPSA) is 80.4 Å². The van der Waals surface area contributed by atoms with Gasteiger partial charge >= 0.3 is 5.97 Å². The minimum atomic E-state index is -1.04. The van der Waals surface area contributed by atoms with Crippen molar-refractivity contribution in [1.29, 1.82) is 0 Å². The predicted molar refractivity (Wildman–Crippen MR) is 63.2 cm³/mol. The first-order valence-electron chi connectivity index (χ1n) is 5.25. The van der Waals surface area contributed by atoms with Gasteiger partial charge in [-0.3, -0.25) is 4.98 Å². The van der Waals surface area contributed by atoms with E-state index in [9.17, 15) is 4.79 Å². The average molecular weight is 240 g/mol. The number of rotatable bonds is 2. The molecule has 0 unspecified atom stereocenters. The Morgan fingerprint density at radius 1 is 1.22 bits per heavy atom. The van der Waals surface area contributed by atoms with E-state index in [1.54, 1.807) is 30.6 Å². The third-order valence-electron chi connectivity index (χ3n) is 2.50. The lowest BCUT2D eigenvalue weighted by Crippen LogP contribution is -2.05. The van der Waals surface area contributed by atoms with Gasteiger partial charge in [-0.2, -0.15) is 0 Å². The van der Waals surface area contributed by atoms with E-state index in [-0.39, 0.29) is 5.69 Å². The molecule has 3 aromatic heterocycles. The second-order valence-corrected chi connectivity index (χ2v) is 3.66. The van der Waals surface area contributed by atoms with Crippen molar-refractivity contribution >= 4 is 11.6 Å². The van der Waals surface area contributed by atoms with Crippen LogP contribution in [0.25, 0.3) is 17.0 Å². The van der Waals surface area contributed by atoms with Crippen LogP contribution in [-0.2, 0) is 0 Å². The molecule has 1 N–H and O–H groups in total. The van der Waals surface area contributed by atoms with E-state index < -0.39 is 5.97 Å². The summed E-state index contributed by atoms with van der Waals surface area (Å²) in [4.78, 5) is 19.3. The van der Waals surface area contributed by atoms with Crippen LogP contribution < -0.4 is 0 Å². The van der Waals surface area contributed by atoms with Gasteiger partial charge in [-0.25, -0.2) is 14.3 Å². The van der Waals surface area contributed by atoms with E-state index in [1.165, 1.54) is 10.6 Å². The zero-order valence-corrected chi connectivity index (χ0v) is 9.19. The normalized spacial score (nSPS) is 10.7. The molecule has 0 amide bonds. The smallest absolute Gasteiger partial charge is 0.354 e. The lowest BCUT2D eigenvalue weighted by atomic mass is 10.3. The highest BCUT2D eigenvalue weighted by atomic mass is 16.4. The summed E-state index contributed by atoms with van der Waals surface area (Å²) in [6.07, 6.45) is 3.29. The highest BCUT2D eigenvalue weighted by Gasteiger charge is 2.12. The second-order valence-electron chi connectivity index (χ2n) is 3.66. The quantitative estimate of drug-likeness (QED) is 0.734. The molecule has 18 heavy (non-hydrogen) atoms. The number of pyridine rings is 2. The van der Waals surface area contributed by atoms with Crippen LogP contribution in [0.4, 0.5) is 0 Å². The van der Waals surface area contributed by atoms with Crippen LogP contribution in [0.1, 0.15) is 10.5 Å². The van der Waals surface area contributed by atoms with E-state index in [1.807, 2.05) is 6.07 Å². The van der Waals surface area contributed by atoms with Gasteiger partial charge in [0.1, 0.15) is 0 Å². The lowest BCUT2D eigenvalue weighted by Gasteiger charge is -1.96. The molecule has 6 nitrogen and oxygen atoms in total. The number of carboxylic acid groups (broad SMARTS) is 1. The third-order valence-corrected chi connectivity index (χ3v) is 2.50. The van der Waals surface area contributed by atoms with Gasteiger partial charge in [-0.15, -0.1) is 5.10 Å². The molecule has 88 valence electrons. The molecule has 0 fully saturated rings. The molecule has 3 aromatic rings. The summed E-state index contributed by atoms with van der Waals surface area (Å²) in [5.74, 6) is -0.583. The summed E-state index contributed by atoms with van der Waals surface area (Å²) in [6, 6.07) is 8.43. The van der Waals surface area contributed by atoms with Crippen molar-refractivity contribution < 1.29 is 9.90 Å². The monoisotopic (exact) mass is 240 g/mol. The Hall–Kier alpha value is -2.76. The third kappa shape index (κ3) is 1.60. The Balaban J connectivity index is 2.23. The summed E-state index contributed by atoms with van der Waals surface area (Å²) < 4.78 is 1.31. The Morgan fingerprint density at radius 2 is 2.11 bits per heavy atom. The van der Waals surface area contributed by atoms with Crippen molar-refractivity contribution in [2.45, 2.75) is 0 Å². The van der Waals surface area contributed by atoms with Gasteiger partial charge in [-0.05, 0) is 24.3 Å². The van der Waals surface area contributed by atoms with Crippen molar-refractivity contribution in [3.8, 4) is 11.4 Å². The Labute approximate surface area is 102 Å². The predicted octanol–water partition coefficient (Wildman–Crippen LogP) is 1.49. The van der Waals surface area contributed by atoms with E-state index in [4.69, 9.17) is 5.11 Å². The number of carbonyl (C=O) groups is 1. The molecule has 0 aromatic carbocycles. The maximum Gasteiger partial charge on any atom is 0.354 e. The highest BCUT2D eigenvalue weighted by molar-refractivity contribution is 5.86. The molecule has 3 heterocycles. The molecule has 0 radical (unpaired) electrons. The van der Waals surface area contributed by atoms with Crippen LogP contribution in [-0.4, -0.2) is 30.7 Å². The molecule has 0 atom stereocenters. The Morgan fingerprint density at radius 3 is 2.83 bits per heavy atom. The standard InChI is InChI=1S/C12H8N4O2/c17-12(18)9-4-1-5-10-14-11(15-16(9)10)8-3-2-6-13-7-8/h1-7H,(H,17,18). The van der Waals surface area contributed by atoms with Crippen molar-refractivity contribution in [3.63, 3.8) is 0 Å². The average Bonchev–Trinajstić information content (AvgIpc) is 2.83. The molecular weight excluding hydrogens is 232 g/mol. The number of hydrogen-bond donors (Lipinski definition) is 1. The summed E-state index contributed by atoms with van der Waals surface area (Å²) >= 11 is 0. The van der Waals surface area contributed by atoms with E-state index in [0.29, 0.717) is 11.5 Å². The minimum Gasteiger partial charge on any atom is -0.477 e. The number of aromatic carboxylic acids is 1. The number of hydrogen-bond acceptors (Lipinski definition) is 4. The number of carboxylic acids is 1. The SMILES string of the molecule is O=C(O)c1cccc2nc(-c3cccnc3)nn12. The van der Waals surface area contributed by atoms with Gasteiger partial charge in [0, 0.05) is 18.0 Å². The molecule has 0 aliphatic heterocycles. The second kappa shape index (κ2) is 3.92. The first-order chi connectivity index (χ1) is 8.75. The van der Waals surface area contributed by atoms with Crippen molar-refractivity contribution in [1.82, 2.24) is 19.6 Å². The van der Waals surface area contributed by atoms with Gasteiger partial charge < -0.3 is 5.11 Å². The van der Waals surface area contributed by atoms with Gasteiger partial charge in [-0.1, -0.05) is 6.07 Å². The fourth-order valence-corrected chi connectivity index (χ4v) is 1.68. The molecular formula is C12H8N4O2. The van der Waals surface area contributed by atoms with E-state index >= 15 is 0 Å². The summed E-state index contributed by atoms with van der Waals surface area (Å²) in [7, 11) is 0. The van der Waals surface area contributed by atoms with Gasteiger partial charge in [0.25, 0.3) is 0 Å². The number of nitrogens with zero attached hydrogens (tertiary/aromatic N) is 4. The van der Waals surface area contributed by atoms with Crippen molar-refractivity contribution in [2.24, 2.45) is 0 Å². The molecule has 0 saturated heterocycles. The highest BCUT2D eigenvalue weighted by Crippen LogP contribution is 2.15. The van der Waals surface area contributed by atoms with E-state index in [2.05, 4.69) is 15.1 Å². The summed E-state index contributed by atoms with van der Waals surface area (Å²) in [5, 5.41) is 13.3. The molecule has 0 bridgehead atoms. The molecule has 3 rings (SSSR count). The van der Waals surface area contributed by atoms with Crippen molar-refractivity contribution in [3.05, 3.63) is 48.4 Å². The van der Waals surface area contributed by atoms with Crippen LogP contribution in [0, 0.1) is 0 Å². The molecule has 0 saturated carbocycles. The summed E-state index contributed by atoms with van der Waals surface area (Å²) in [5.41, 5.74) is 1.32. The number of fused-ring (bicyclic) bond motifs is 1. The lowest BCUT2D eigenvalue weighted by molar-refractivity contribution is 0.0687. The Bertz CT molecular complexity index is 721. The molecule has 0 aliphatic carbocycles. The fraction of sp³-hybridized carbons (Fsp3) is 0. The Kier molecular flexibility index (Phi) is 2.26. The number of aromatic nitrogens is 4. The van der Waals surface area contributed by atoms with Crippen LogP contribution in [0.2, 0.25) is 0 Å². The zero-order chi connectivity index (χ0) is 12.5. The van der Waals surface area contributed by atoms with Gasteiger partial charge in [0.05, 0.1) is 0 Å². The molecule has 6 heteroatoms. The van der Waals surface area contributed by atoms with Crippen LogP contribution in [0.15, 0.2) is 42.7 Å². The minimum absolute atomic E-state index is 0.0788. The van der Waals surface area contributed by atoms with Gasteiger partial charge in [0.2, 0.25) is 0 Å². The van der Waals surface area contributed by atoms with Crippen LogP contribution >= 0.6 is 0 Å². The molecule has 0 spiro atoms. The first-order valence-corrected chi connectivity index (χ1v) is 5.25. The zero-order valence-electron chi connectivity index (χ0n) is 9.19. The maximum absolute atomic E-state index is 11.1. The van der Waals surface area contributed by atoms with E-state index in [0.717, 1.165) is 5.56 Å². The maximum atomic E-state index is 11.1. The van der Waals surface area contributed by atoms with Gasteiger partial charge in [0.15, 0.2) is 17.2 Å². The largest absolute Gasteiger partial charge is 0.477 e.